The van der Waals surface area contributed by atoms with Crippen LogP contribution in [-0.4, -0.2) is 22.9 Å². The number of nitrogens with one attached hydrogen (secondary N) is 2. The van der Waals surface area contributed by atoms with E-state index in [4.69, 9.17) is 5.11 Å². The standard InChI is InChI=1S/C13H15FN2O4/c1-8(7-12(18)19)6-11(17)15-16-13(20)9-4-2-3-5-10(9)14/h2-5,8H,6-7H2,1H3,(H,15,17)(H,16,20)(H,18,19). The summed E-state index contributed by atoms with van der Waals surface area (Å²) in [5.41, 5.74) is 4.00. The molecule has 20 heavy (non-hydrogen) atoms. The monoisotopic (exact) mass is 282 g/mol. The zero-order valence-electron chi connectivity index (χ0n) is 10.9. The maximum atomic E-state index is 13.3. The fraction of sp³-hybridized carbons (Fsp3) is 0.308. The molecule has 2 amide bonds. The number of carbonyl (C=O) groups excluding carboxylic acids is 2. The van der Waals surface area contributed by atoms with Crippen LogP contribution in [0.2, 0.25) is 0 Å². The van der Waals surface area contributed by atoms with Gasteiger partial charge in [-0.3, -0.25) is 25.2 Å². The first-order valence-electron chi connectivity index (χ1n) is 5.95. The summed E-state index contributed by atoms with van der Waals surface area (Å²) >= 11 is 0. The predicted octanol–water partition coefficient (Wildman–Crippen LogP) is 1.09. The molecule has 0 aliphatic rings. The third-order valence-corrected chi connectivity index (χ3v) is 2.49. The van der Waals surface area contributed by atoms with Crippen molar-refractivity contribution in [3.8, 4) is 0 Å². The van der Waals surface area contributed by atoms with Gasteiger partial charge in [-0.15, -0.1) is 0 Å². The van der Waals surface area contributed by atoms with Gasteiger partial charge in [-0.05, 0) is 18.1 Å². The molecule has 7 heteroatoms. The lowest BCUT2D eigenvalue weighted by Crippen LogP contribution is -2.42. The van der Waals surface area contributed by atoms with Gasteiger partial charge in [0.05, 0.1) is 5.56 Å². The lowest BCUT2D eigenvalue weighted by molar-refractivity contribution is -0.138. The predicted molar refractivity (Wildman–Crippen MR) is 68.0 cm³/mol. The Balaban J connectivity index is 2.43. The van der Waals surface area contributed by atoms with Crippen LogP contribution in [0.15, 0.2) is 24.3 Å². The second-order valence-electron chi connectivity index (χ2n) is 4.39. The van der Waals surface area contributed by atoms with E-state index in [0.29, 0.717) is 0 Å². The van der Waals surface area contributed by atoms with Gasteiger partial charge in [0.2, 0.25) is 5.91 Å². The van der Waals surface area contributed by atoms with Gasteiger partial charge in [-0.1, -0.05) is 19.1 Å². The zero-order valence-corrected chi connectivity index (χ0v) is 10.9. The van der Waals surface area contributed by atoms with Crippen LogP contribution >= 0.6 is 0 Å². The second kappa shape index (κ2) is 7.22. The number of amides is 2. The van der Waals surface area contributed by atoms with E-state index in [9.17, 15) is 18.8 Å². The molecule has 0 saturated heterocycles. The van der Waals surface area contributed by atoms with Crippen LogP contribution in [0.1, 0.15) is 30.1 Å². The maximum Gasteiger partial charge on any atom is 0.303 e. The molecule has 3 N–H and O–H groups in total. The van der Waals surface area contributed by atoms with Crippen molar-refractivity contribution in [1.82, 2.24) is 10.9 Å². The van der Waals surface area contributed by atoms with Crippen molar-refractivity contribution >= 4 is 17.8 Å². The number of carbonyl (C=O) groups is 3. The van der Waals surface area contributed by atoms with E-state index in [1.807, 2.05) is 0 Å². The smallest absolute Gasteiger partial charge is 0.303 e. The van der Waals surface area contributed by atoms with Gasteiger partial charge in [-0.2, -0.15) is 0 Å². The van der Waals surface area contributed by atoms with E-state index >= 15 is 0 Å². The molecule has 0 bridgehead atoms. The zero-order chi connectivity index (χ0) is 15.1. The Morgan fingerprint density at radius 1 is 1.20 bits per heavy atom. The third-order valence-electron chi connectivity index (χ3n) is 2.49. The number of carboxylic acid groups (broad SMARTS) is 1. The third kappa shape index (κ3) is 5.05. The molecule has 0 radical (unpaired) electrons. The van der Waals surface area contributed by atoms with Crippen molar-refractivity contribution < 1.29 is 23.9 Å². The van der Waals surface area contributed by atoms with Crippen LogP contribution in [0.4, 0.5) is 4.39 Å². The van der Waals surface area contributed by atoms with Gasteiger partial charge < -0.3 is 5.11 Å². The number of hydrogen-bond acceptors (Lipinski definition) is 3. The highest BCUT2D eigenvalue weighted by molar-refractivity contribution is 5.95. The van der Waals surface area contributed by atoms with Gasteiger partial charge in [-0.25, -0.2) is 4.39 Å². The van der Waals surface area contributed by atoms with Gasteiger partial charge in [0.25, 0.3) is 5.91 Å². The second-order valence-corrected chi connectivity index (χ2v) is 4.39. The summed E-state index contributed by atoms with van der Waals surface area (Å²) in [6, 6.07) is 5.35. The Morgan fingerprint density at radius 3 is 2.45 bits per heavy atom. The average Bonchev–Trinajstić information content (AvgIpc) is 2.35. The summed E-state index contributed by atoms with van der Waals surface area (Å²) in [5, 5.41) is 8.55. The fourth-order valence-electron chi connectivity index (χ4n) is 1.58. The topological polar surface area (TPSA) is 95.5 Å². The molecule has 0 fully saturated rings. The number of halogens is 1. The summed E-state index contributed by atoms with van der Waals surface area (Å²) in [6.45, 7) is 1.60. The van der Waals surface area contributed by atoms with E-state index in [2.05, 4.69) is 10.9 Å². The van der Waals surface area contributed by atoms with Crippen LogP contribution < -0.4 is 10.9 Å². The lowest BCUT2D eigenvalue weighted by Gasteiger charge is -2.10. The van der Waals surface area contributed by atoms with Gasteiger partial charge in [0, 0.05) is 12.8 Å². The van der Waals surface area contributed by atoms with Gasteiger partial charge >= 0.3 is 5.97 Å². The van der Waals surface area contributed by atoms with E-state index in [1.165, 1.54) is 18.2 Å². The molecule has 0 saturated carbocycles. The highest BCUT2D eigenvalue weighted by Crippen LogP contribution is 2.07. The molecule has 0 spiro atoms. The molecule has 1 atom stereocenters. The van der Waals surface area contributed by atoms with Crippen LogP contribution in [0, 0.1) is 11.7 Å². The molecule has 1 aromatic rings. The minimum atomic E-state index is -0.999. The first-order chi connectivity index (χ1) is 9.40. The lowest BCUT2D eigenvalue weighted by atomic mass is 10.0. The molecular weight excluding hydrogens is 267 g/mol. The molecule has 1 rings (SSSR count). The number of hydrazine groups is 1. The van der Waals surface area contributed by atoms with Crippen molar-refractivity contribution in [3.05, 3.63) is 35.6 Å². The number of benzene rings is 1. The molecule has 0 aliphatic heterocycles. The number of carboxylic acids is 1. The molecule has 1 unspecified atom stereocenters. The van der Waals surface area contributed by atoms with Gasteiger partial charge in [0.15, 0.2) is 0 Å². The van der Waals surface area contributed by atoms with Crippen molar-refractivity contribution in [2.45, 2.75) is 19.8 Å². The molecular formula is C13H15FN2O4. The quantitative estimate of drug-likeness (QED) is 0.704. The Labute approximate surface area is 115 Å². The number of aliphatic carboxylic acids is 1. The van der Waals surface area contributed by atoms with Crippen LogP contribution in [0.3, 0.4) is 0 Å². The van der Waals surface area contributed by atoms with Crippen molar-refractivity contribution in [2.75, 3.05) is 0 Å². The Morgan fingerprint density at radius 2 is 1.85 bits per heavy atom. The van der Waals surface area contributed by atoms with E-state index < -0.39 is 23.6 Å². The first kappa shape index (κ1) is 15.6. The average molecular weight is 282 g/mol. The summed E-state index contributed by atoms with van der Waals surface area (Å²) in [6.07, 6.45) is -0.196. The minimum Gasteiger partial charge on any atom is -0.481 e. The molecule has 0 aromatic heterocycles. The first-order valence-corrected chi connectivity index (χ1v) is 5.95. The van der Waals surface area contributed by atoms with Crippen LogP contribution in [0.5, 0.6) is 0 Å². The summed E-state index contributed by atoms with van der Waals surface area (Å²) in [4.78, 5) is 33.5. The Hall–Kier alpha value is -2.44. The highest BCUT2D eigenvalue weighted by atomic mass is 19.1. The molecule has 0 aliphatic carbocycles. The van der Waals surface area contributed by atoms with E-state index in [0.717, 1.165) is 6.07 Å². The van der Waals surface area contributed by atoms with Crippen LogP contribution in [0.25, 0.3) is 0 Å². The van der Waals surface area contributed by atoms with Crippen LogP contribution in [-0.2, 0) is 9.59 Å². The normalized spacial score (nSPS) is 11.5. The number of rotatable bonds is 5. The van der Waals surface area contributed by atoms with Gasteiger partial charge in [0.1, 0.15) is 5.82 Å². The van der Waals surface area contributed by atoms with E-state index in [-0.39, 0.29) is 24.3 Å². The highest BCUT2D eigenvalue weighted by Gasteiger charge is 2.14. The van der Waals surface area contributed by atoms with Crippen molar-refractivity contribution in [3.63, 3.8) is 0 Å². The Kier molecular flexibility index (Phi) is 5.64. The largest absolute Gasteiger partial charge is 0.481 e. The molecule has 1 aromatic carbocycles. The summed E-state index contributed by atoms with van der Waals surface area (Å²) < 4.78 is 13.3. The summed E-state index contributed by atoms with van der Waals surface area (Å²) in [7, 11) is 0. The fourth-order valence-corrected chi connectivity index (χ4v) is 1.58. The Bertz CT molecular complexity index is 519. The maximum absolute atomic E-state index is 13.3. The molecule has 6 nitrogen and oxygen atoms in total. The molecule has 108 valence electrons. The number of hydrogen-bond donors (Lipinski definition) is 3. The van der Waals surface area contributed by atoms with Crippen molar-refractivity contribution in [2.24, 2.45) is 5.92 Å². The SMILES string of the molecule is CC(CC(=O)O)CC(=O)NNC(=O)c1ccccc1F. The minimum absolute atomic E-state index is 0.0517. The summed E-state index contributed by atoms with van der Waals surface area (Å²) in [5.74, 6) is -3.37. The van der Waals surface area contributed by atoms with Crippen molar-refractivity contribution in [1.29, 1.82) is 0 Å². The van der Waals surface area contributed by atoms with E-state index in [1.54, 1.807) is 6.92 Å². The molecule has 0 heterocycles.